The third-order valence-corrected chi connectivity index (χ3v) is 2.76. The summed E-state index contributed by atoms with van der Waals surface area (Å²) in [6.45, 7) is 3.72. The van der Waals surface area contributed by atoms with Crippen LogP contribution in [0.4, 0.5) is 0 Å². The van der Waals surface area contributed by atoms with Crippen LogP contribution in [0.2, 0.25) is 0 Å². The predicted molar refractivity (Wildman–Crippen MR) is 80.3 cm³/mol. The number of benzene rings is 1. The maximum atomic E-state index is 11.1. The number of ether oxygens (including phenoxy) is 2. The van der Waals surface area contributed by atoms with E-state index in [4.69, 9.17) is 9.47 Å². The molecule has 110 valence electrons. The van der Waals surface area contributed by atoms with Crippen molar-refractivity contribution in [2.24, 2.45) is 0 Å². The van der Waals surface area contributed by atoms with Crippen molar-refractivity contribution in [2.45, 2.75) is 39.2 Å². The number of hydrogen-bond donors (Lipinski definition) is 0. The van der Waals surface area contributed by atoms with Crippen LogP contribution in [0, 0.1) is 0 Å². The lowest BCUT2D eigenvalue weighted by atomic mass is 10.2. The molecule has 3 heteroatoms. The van der Waals surface area contributed by atoms with Crippen LogP contribution < -0.4 is 0 Å². The summed E-state index contributed by atoms with van der Waals surface area (Å²) in [5.41, 5.74) is 1.21. The van der Waals surface area contributed by atoms with Crippen LogP contribution in [0.3, 0.4) is 0 Å². The molecule has 1 aromatic carbocycles. The third kappa shape index (κ3) is 8.48. The summed E-state index contributed by atoms with van der Waals surface area (Å²) in [6, 6.07) is 10.2. The fraction of sp³-hybridized carbons (Fsp3) is 0.471. The topological polar surface area (TPSA) is 35.5 Å². The van der Waals surface area contributed by atoms with Gasteiger partial charge in [-0.1, -0.05) is 42.5 Å². The summed E-state index contributed by atoms with van der Waals surface area (Å²) >= 11 is 0. The van der Waals surface area contributed by atoms with Crippen molar-refractivity contribution in [3.8, 4) is 0 Å². The lowest BCUT2D eigenvalue weighted by Crippen LogP contribution is -2.02. The summed E-state index contributed by atoms with van der Waals surface area (Å²) in [5.74, 6) is -0.122. The van der Waals surface area contributed by atoms with Crippen molar-refractivity contribution in [3.05, 3.63) is 48.0 Å². The molecule has 0 spiro atoms. The van der Waals surface area contributed by atoms with Crippen molar-refractivity contribution in [3.63, 3.8) is 0 Å². The molecule has 0 unspecified atom stereocenters. The largest absolute Gasteiger partial charge is 0.466 e. The molecule has 1 aromatic rings. The minimum atomic E-state index is -0.122. The number of carbonyl (C=O) groups excluding carboxylic acids is 1. The Hall–Kier alpha value is -1.61. The van der Waals surface area contributed by atoms with Gasteiger partial charge in [-0.3, -0.25) is 4.79 Å². The number of allylic oxidation sites excluding steroid dienone is 2. The Balaban J connectivity index is 1.93. The van der Waals surface area contributed by atoms with Gasteiger partial charge >= 0.3 is 5.97 Å². The van der Waals surface area contributed by atoms with E-state index in [0.717, 1.165) is 25.9 Å². The Morgan fingerprint density at radius 1 is 1.15 bits per heavy atom. The van der Waals surface area contributed by atoms with E-state index in [1.54, 1.807) is 0 Å². The highest BCUT2D eigenvalue weighted by Crippen LogP contribution is 2.02. The number of carbonyl (C=O) groups is 1. The van der Waals surface area contributed by atoms with Crippen molar-refractivity contribution >= 4 is 5.97 Å². The molecule has 3 nitrogen and oxygen atoms in total. The number of rotatable bonds is 10. The first-order chi connectivity index (χ1) is 9.83. The van der Waals surface area contributed by atoms with E-state index in [0.29, 0.717) is 19.6 Å². The van der Waals surface area contributed by atoms with Crippen LogP contribution in [0.25, 0.3) is 0 Å². The van der Waals surface area contributed by atoms with Crippen LogP contribution in [-0.2, 0) is 20.9 Å². The zero-order valence-corrected chi connectivity index (χ0v) is 12.2. The van der Waals surface area contributed by atoms with E-state index in [9.17, 15) is 4.79 Å². The molecule has 0 aliphatic heterocycles. The molecular formula is C17H24O3. The summed E-state index contributed by atoms with van der Waals surface area (Å²) < 4.78 is 10.4. The molecule has 0 amide bonds. The molecule has 0 fully saturated rings. The highest BCUT2D eigenvalue weighted by atomic mass is 16.5. The predicted octanol–water partition coefficient (Wildman–Crippen LogP) is 3.88. The Labute approximate surface area is 121 Å². The first-order valence-electron chi connectivity index (χ1n) is 7.25. The van der Waals surface area contributed by atoms with Crippen LogP contribution in [0.15, 0.2) is 42.5 Å². The van der Waals surface area contributed by atoms with Crippen LogP contribution >= 0.6 is 0 Å². The van der Waals surface area contributed by atoms with Crippen LogP contribution in [0.1, 0.15) is 38.2 Å². The first kappa shape index (κ1) is 16.4. The molecule has 20 heavy (non-hydrogen) atoms. The van der Waals surface area contributed by atoms with Gasteiger partial charge in [-0.2, -0.15) is 0 Å². The van der Waals surface area contributed by atoms with Crippen LogP contribution in [0.5, 0.6) is 0 Å². The van der Waals surface area contributed by atoms with Gasteiger partial charge in [0.15, 0.2) is 0 Å². The van der Waals surface area contributed by atoms with Gasteiger partial charge in [0.2, 0.25) is 0 Å². The molecule has 0 N–H and O–H groups in total. The summed E-state index contributed by atoms with van der Waals surface area (Å²) in [6.07, 6.45) is 7.35. The fourth-order valence-corrected chi connectivity index (χ4v) is 1.74. The molecular weight excluding hydrogens is 252 g/mol. The normalized spacial score (nSPS) is 10.8. The second kappa shape index (κ2) is 11.2. The first-order valence-corrected chi connectivity index (χ1v) is 7.25. The average Bonchev–Trinajstić information content (AvgIpc) is 2.47. The second-order valence-electron chi connectivity index (χ2n) is 4.50. The van der Waals surface area contributed by atoms with Gasteiger partial charge in [0.1, 0.15) is 0 Å². The molecule has 0 aromatic heterocycles. The number of esters is 1. The Morgan fingerprint density at radius 3 is 2.65 bits per heavy atom. The SMILES string of the molecule is CCOC(=O)CC/C=C\CCCOCc1ccccc1. The highest BCUT2D eigenvalue weighted by molar-refractivity contribution is 5.69. The molecule has 0 atom stereocenters. The molecule has 0 heterocycles. The van der Waals surface area contributed by atoms with Gasteiger partial charge in [-0.05, 0) is 31.7 Å². The van der Waals surface area contributed by atoms with Crippen molar-refractivity contribution in [1.82, 2.24) is 0 Å². The van der Waals surface area contributed by atoms with Gasteiger partial charge in [0.05, 0.1) is 13.2 Å². The van der Waals surface area contributed by atoms with E-state index < -0.39 is 0 Å². The minimum Gasteiger partial charge on any atom is -0.466 e. The van der Waals surface area contributed by atoms with E-state index in [1.807, 2.05) is 31.2 Å². The standard InChI is InChI=1S/C17H24O3/c1-2-20-17(18)13-9-4-3-5-10-14-19-15-16-11-7-6-8-12-16/h3-4,6-8,11-12H,2,5,9-10,13-15H2,1H3/b4-3-. The molecule has 0 bridgehead atoms. The van der Waals surface area contributed by atoms with Crippen molar-refractivity contribution in [1.29, 1.82) is 0 Å². The zero-order chi connectivity index (χ0) is 14.5. The smallest absolute Gasteiger partial charge is 0.306 e. The zero-order valence-electron chi connectivity index (χ0n) is 12.2. The highest BCUT2D eigenvalue weighted by Gasteiger charge is 1.97. The molecule has 0 saturated carbocycles. The lowest BCUT2D eigenvalue weighted by Gasteiger charge is -2.02. The van der Waals surface area contributed by atoms with Gasteiger partial charge in [-0.15, -0.1) is 0 Å². The van der Waals surface area contributed by atoms with Gasteiger partial charge in [-0.25, -0.2) is 0 Å². The lowest BCUT2D eigenvalue weighted by molar-refractivity contribution is -0.142. The molecule has 0 radical (unpaired) electrons. The summed E-state index contributed by atoms with van der Waals surface area (Å²) in [4.78, 5) is 11.1. The number of unbranched alkanes of at least 4 members (excludes halogenated alkanes) is 1. The molecule has 1 rings (SSSR count). The van der Waals surface area contributed by atoms with E-state index in [1.165, 1.54) is 5.56 Å². The monoisotopic (exact) mass is 276 g/mol. The minimum absolute atomic E-state index is 0.122. The Kier molecular flexibility index (Phi) is 9.24. The van der Waals surface area contributed by atoms with E-state index in [2.05, 4.69) is 18.2 Å². The Morgan fingerprint density at radius 2 is 1.90 bits per heavy atom. The van der Waals surface area contributed by atoms with Gasteiger partial charge in [0.25, 0.3) is 0 Å². The Bertz CT molecular complexity index is 384. The van der Waals surface area contributed by atoms with Crippen molar-refractivity contribution in [2.75, 3.05) is 13.2 Å². The fourth-order valence-electron chi connectivity index (χ4n) is 1.74. The van der Waals surface area contributed by atoms with E-state index >= 15 is 0 Å². The maximum absolute atomic E-state index is 11.1. The quantitative estimate of drug-likeness (QED) is 0.369. The van der Waals surface area contributed by atoms with E-state index in [-0.39, 0.29) is 5.97 Å². The van der Waals surface area contributed by atoms with Gasteiger partial charge in [0, 0.05) is 13.0 Å². The summed E-state index contributed by atoms with van der Waals surface area (Å²) in [7, 11) is 0. The molecule has 0 aliphatic carbocycles. The molecule has 0 aliphatic rings. The summed E-state index contributed by atoms with van der Waals surface area (Å²) in [5, 5.41) is 0. The van der Waals surface area contributed by atoms with Crippen molar-refractivity contribution < 1.29 is 14.3 Å². The molecule has 0 saturated heterocycles. The maximum Gasteiger partial charge on any atom is 0.306 e. The van der Waals surface area contributed by atoms with Crippen LogP contribution in [-0.4, -0.2) is 19.2 Å². The third-order valence-electron chi connectivity index (χ3n) is 2.76. The van der Waals surface area contributed by atoms with Gasteiger partial charge < -0.3 is 9.47 Å². The second-order valence-corrected chi connectivity index (χ2v) is 4.50. The average molecular weight is 276 g/mol. The number of hydrogen-bond acceptors (Lipinski definition) is 3.